The average Bonchev–Trinajstić information content (AvgIpc) is 2.99. The number of cyclic esters (lactones) is 1. The van der Waals surface area contributed by atoms with E-state index in [-0.39, 0.29) is 70.1 Å². The van der Waals surface area contributed by atoms with Gasteiger partial charge in [-0.15, -0.1) is 0 Å². The lowest BCUT2D eigenvalue weighted by molar-refractivity contribution is -0.164. The zero-order chi connectivity index (χ0) is 38.1. The van der Waals surface area contributed by atoms with Crippen LogP contribution in [-0.2, 0) is 27.9 Å². The van der Waals surface area contributed by atoms with E-state index in [1.807, 2.05) is 24.3 Å². The highest BCUT2D eigenvalue weighted by Crippen LogP contribution is 2.47. The monoisotopic (exact) mass is 740 g/mol. The van der Waals surface area contributed by atoms with Gasteiger partial charge in [-0.05, 0) is 91.0 Å². The van der Waals surface area contributed by atoms with Gasteiger partial charge in [0.25, 0.3) is 0 Å². The molecule has 7 nitrogen and oxygen atoms in total. The highest BCUT2D eigenvalue weighted by molar-refractivity contribution is 6.74. The van der Waals surface area contributed by atoms with E-state index in [1.54, 1.807) is 6.92 Å². The molecule has 0 spiro atoms. The van der Waals surface area contributed by atoms with Crippen molar-refractivity contribution in [2.24, 2.45) is 17.8 Å². The number of para-hydroxylation sites is 1. The SMILES string of the molecule is CC(C)c1ccccc1O[C@@H](C)C(=O)OC1CC(O[Si](C)(C)C(C)(C)C)C=C2C=CC(C)C(CC[C@@H]3C[C@@H](O[Si](C)(C)C(C)(C)C)CC(=O)O3)C21. The maximum atomic E-state index is 13.9. The Hall–Kier alpha value is -2.21. The summed E-state index contributed by atoms with van der Waals surface area (Å²) in [5.74, 6) is 0.904. The third-order valence-electron chi connectivity index (χ3n) is 12.4. The van der Waals surface area contributed by atoms with Crippen LogP contribution in [0.3, 0.4) is 0 Å². The van der Waals surface area contributed by atoms with Crippen LogP contribution in [0.2, 0.25) is 36.3 Å². The Labute approximate surface area is 311 Å². The van der Waals surface area contributed by atoms with Crippen molar-refractivity contribution in [2.45, 2.75) is 174 Å². The molecule has 2 aliphatic carbocycles. The summed E-state index contributed by atoms with van der Waals surface area (Å²) in [5, 5.41) is 0.111. The minimum absolute atomic E-state index is 0.00179. The predicted octanol–water partition coefficient (Wildman–Crippen LogP) is 10.5. The molecule has 4 rings (SSSR count). The van der Waals surface area contributed by atoms with Crippen molar-refractivity contribution < 1.29 is 32.7 Å². The van der Waals surface area contributed by atoms with Gasteiger partial charge < -0.3 is 23.1 Å². The topological polar surface area (TPSA) is 80.3 Å². The minimum Gasteiger partial charge on any atom is -0.479 e. The molecule has 1 aromatic carbocycles. The van der Waals surface area contributed by atoms with Crippen molar-refractivity contribution in [1.82, 2.24) is 0 Å². The Morgan fingerprint density at radius 2 is 1.55 bits per heavy atom. The maximum Gasteiger partial charge on any atom is 0.347 e. The Balaban J connectivity index is 1.56. The fourth-order valence-electron chi connectivity index (χ4n) is 7.24. The van der Waals surface area contributed by atoms with E-state index < -0.39 is 22.7 Å². The number of hydrogen-bond donors (Lipinski definition) is 0. The number of carbonyl (C=O) groups excluding carboxylic acids is 2. The van der Waals surface area contributed by atoms with Gasteiger partial charge in [0.15, 0.2) is 22.7 Å². The van der Waals surface area contributed by atoms with Crippen LogP contribution in [0, 0.1) is 17.8 Å². The Kier molecular flexibility index (Phi) is 13.1. The van der Waals surface area contributed by atoms with Crippen molar-refractivity contribution >= 4 is 28.6 Å². The molecule has 1 aromatic rings. The second-order valence-electron chi connectivity index (χ2n) is 18.8. The van der Waals surface area contributed by atoms with Gasteiger partial charge in [-0.2, -0.15) is 0 Å². The third kappa shape index (κ3) is 10.3. The summed E-state index contributed by atoms with van der Waals surface area (Å²) in [4.78, 5) is 26.7. The summed E-state index contributed by atoms with van der Waals surface area (Å²) in [7, 11) is -4.15. The normalized spacial score (nSPS) is 28.1. The Bertz CT molecular complexity index is 1430. The lowest BCUT2D eigenvalue weighted by atomic mass is 9.66. The largest absolute Gasteiger partial charge is 0.479 e. The van der Waals surface area contributed by atoms with E-state index in [2.05, 4.69) is 107 Å². The van der Waals surface area contributed by atoms with Gasteiger partial charge in [0.1, 0.15) is 18.0 Å². The molecule has 9 heteroatoms. The number of hydrogen-bond acceptors (Lipinski definition) is 7. The van der Waals surface area contributed by atoms with Gasteiger partial charge in [-0.25, -0.2) is 4.79 Å². The van der Waals surface area contributed by atoms with Gasteiger partial charge >= 0.3 is 11.9 Å². The molecule has 1 heterocycles. The molecule has 1 saturated heterocycles. The van der Waals surface area contributed by atoms with Crippen LogP contribution in [0.4, 0.5) is 0 Å². The molecule has 0 saturated carbocycles. The quantitative estimate of drug-likeness (QED) is 0.156. The smallest absolute Gasteiger partial charge is 0.347 e. The predicted molar refractivity (Wildman–Crippen MR) is 211 cm³/mol. The molecule has 0 amide bonds. The summed E-state index contributed by atoms with van der Waals surface area (Å²) in [6, 6.07) is 7.90. The third-order valence-corrected chi connectivity index (χ3v) is 21.4. The van der Waals surface area contributed by atoms with Crippen LogP contribution >= 0.6 is 0 Å². The van der Waals surface area contributed by atoms with E-state index in [4.69, 9.17) is 23.1 Å². The summed E-state index contributed by atoms with van der Waals surface area (Å²) in [6.45, 7) is 30.8. The molecule has 286 valence electrons. The number of esters is 2. The van der Waals surface area contributed by atoms with E-state index in [1.165, 1.54) is 5.57 Å². The summed E-state index contributed by atoms with van der Waals surface area (Å²) >= 11 is 0. The first-order chi connectivity index (χ1) is 23.5. The molecular formula is C42H68O7Si2. The molecular weight excluding hydrogens is 673 g/mol. The second kappa shape index (κ2) is 16.0. The Morgan fingerprint density at radius 3 is 2.18 bits per heavy atom. The van der Waals surface area contributed by atoms with E-state index in [0.717, 1.165) is 24.8 Å². The minimum atomic E-state index is -2.11. The van der Waals surface area contributed by atoms with Crippen molar-refractivity contribution in [3.63, 3.8) is 0 Å². The van der Waals surface area contributed by atoms with Crippen molar-refractivity contribution in [2.75, 3.05) is 0 Å². The standard InChI is InChI=1S/C42H68O7Si2/c1-27(2)34-17-15-16-18-36(34)45-29(4)40(44)47-37-25-32(48-50(11,12)41(5,6)7)23-30-20-19-28(3)35(39(30)37)22-21-31-24-33(26-38(43)46-31)49-51(13,14)42(8,9)10/h15-20,23,27-29,31-33,35,37,39H,21-22,24-26H2,1-14H3/t28?,29-,31+,32?,33+,35?,37?,39?/m0/s1. The van der Waals surface area contributed by atoms with Gasteiger partial charge in [0.2, 0.25) is 0 Å². The summed E-state index contributed by atoms with van der Waals surface area (Å²) < 4.78 is 32.4. The number of allylic oxidation sites excluding steroid dienone is 2. The highest BCUT2D eigenvalue weighted by Gasteiger charge is 2.47. The van der Waals surface area contributed by atoms with Gasteiger partial charge in [0, 0.05) is 18.8 Å². The molecule has 3 aliphatic rings. The number of fused-ring (bicyclic) bond motifs is 1. The van der Waals surface area contributed by atoms with Crippen LogP contribution in [0.1, 0.15) is 113 Å². The molecule has 51 heavy (non-hydrogen) atoms. The van der Waals surface area contributed by atoms with Gasteiger partial charge in [-0.1, -0.05) is 98.7 Å². The fourth-order valence-corrected chi connectivity index (χ4v) is 9.88. The molecule has 0 aromatic heterocycles. The van der Waals surface area contributed by atoms with E-state index in [9.17, 15) is 9.59 Å². The van der Waals surface area contributed by atoms with Gasteiger partial charge in [-0.3, -0.25) is 4.79 Å². The van der Waals surface area contributed by atoms with Crippen molar-refractivity contribution in [1.29, 1.82) is 0 Å². The second-order valence-corrected chi connectivity index (χ2v) is 28.3. The van der Waals surface area contributed by atoms with E-state index >= 15 is 0 Å². The lowest BCUT2D eigenvalue weighted by Gasteiger charge is -2.46. The van der Waals surface area contributed by atoms with Crippen LogP contribution in [0.15, 0.2) is 48.1 Å². The molecule has 0 bridgehead atoms. The average molecular weight is 741 g/mol. The first-order valence-corrected chi connectivity index (χ1v) is 25.2. The number of rotatable bonds is 12. The fraction of sp³-hybridized carbons (Fsp3) is 0.714. The van der Waals surface area contributed by atoms with Crippen molar-refractivity contribution in [3.05, 3.63) is 53.6 Å². The maximum absolute atomic E-state index is 13.9. The molecule has 0 N–H and O–H groups in total. The highest BCUT2D eigenvalue weighted by atomic mass is 28.4. The van der Waals surface area contributed by atoms with Gasteiger partial charge in [0.05, 0.1) is 18.6 Å². The number of carbonyl (C=O) groups is 2. The van der Waals surface area contributed by atoms with Crippen LogP contribution in [-0.4, -0.2) is 59.1 Å². The molecule has 1 aliphatic heterocycles. The summed E-state index contributed by atoms with van der Waals surface area (Å²) in [6.07, 6.45) is 8.39. The molecule has 8 atom stereocenters. The Morgan fingerprint density at radius 1 is 0.922 bits per heavy atom. The van der Waals surface area contributed by atoms with Crippen molar-refractivity contribution in [3.8, 4) is 5.75 Å². The van der Waals surface area contributed by atoms with Crippen LogP contribution in [0.5, 0.6) is 5.75 Å². The zero-order valence-corrected chi connectivity index (χ0v) is 36.1. The van der Waals surface area contributed by atoms with E-state index in [0.29, 0.717) is 18.6 Å². The number of benzene rings is 1. The molecule has 0 radical (unpaired) electrons. The van der Waals surface area contributed by atoms with Crippen LogP contribution < -0.4 is 4.74 Å². The summed E-state index contributed by atoms with van der Waals surface area (Å²) in [5.41, 5.74) is 2.24. The molecule has 1 fully saturated rings. The zero-order valence-electron chi connectivity index (χ0n) is 34.1. The molecule has 5 unspecified atom stereocenters. The number of ether oxygens (including phenoxy) is 3. The first-order valence-electron chi connectivity index (χ1n) is 19.4. The first kappa shape index (κ1) is 41.5. The lowest BCUT2D eigenvalue weighted by Crippen LogP contribution is -2.49. The van der Waals surface area contributed by atoms with Crippen LogP contribution in [0.25, 0.3) is 0 Å².